The van der Waals surface area contributed by atoms with Crippen molar-refractivity contribution in [3.8, 4) is 0 Å². The van der Waals surface area contributed by atoms with Gasteiger partial charge in [0.1, 0.15) is 11.6 Å². The van der Waals surface area contributed by atoms with Crippen molar-refractivity contribution in [1.82, 2.24) is 15.0 Å². The monoisotopic (exact) mass is 344 g/mol. The van der Waals surface area contributed by atoms with Gasteiger partial charge in [-0.05, 0) is 25.0 Å². The quantitative estimate of drug-likeness (QED) is 0.831. The van der Waals surface area contributed by atoms with Gasteiger partial charge in [-0.1, -0.05) is 25.1 Å². The fourth-order valence-electron chi connectivity index (χ4n) is 2.45. The summed E-state index contributed by atoms with van der Waals surface area (Å²) in [5.41, 5.74) is 2.65. The second-order valence-electron chi connectivity index (χ2n) is 5.93. The van der Waals surface area contributed by atoms with E-state index in [1.54, 1.807) is 19.3 Å². The molecule has 0 aliphatic carbocycles. The van der Waals surface area contributed by atoms with Crippen LogP contribution in [-0.4, -0.2) is 40.4 Å². The largest absolute Gasteiger partial charge is 0.361 e. The number of anilines is 1. The summed E-state index contributed by atoms with van der Waals surface area (Å²) in [7, 11) is 1.61. The Morgan fingerprint density at radius 3 is 2.60 bits per heavy atom. The molecular weight excluding hydrogens is 320 g/mol. The third-order valence-corrected chi connectivity index (χ3v) is 3.92. The van der Waals surface area contributed by atoms with Gasteiger partial charge in [-0.25, -0.2) is 4.98 Å². The second-order valence-corrected chi connectivity index (χ2v) is 5.93. The Bertz CT molecular complexity index is 716. The number of nitrogens with one attached hydrogen (secondary N) is 1. The molecule has 2 heterocycles. The maximum atomic E-state index is 12.4. The molecule has 0 radical (unpaired) electrons. The highest BCUT2D eigenvalue weighted by molar-refractivity contribution is 5.94. The van der Waals surface area contributed by atoms with Crippen LogP contribution in [0.5, 0.6) is 0 Å². The summed E-state index contributed by atoms with van der Waals surface area (Å²) in [6, 6.07) is 3.59. The Kier molecular flexibility index (Phi) is 6.27. The third-order valence-electron chi connectivity index (χ3n) is 3.92. The average Bonchev–Trinajstić information content (AvgIpc) is 2.98. The molecule has 7 heteroatoms. The van der Waals surface area contributed by atoms with Crippen LogP contribution in [0.2, 0.25) is 0 Å². The molecule has 0 saturated carbocycles. The Morgan fingerprint density at radius 1 is 1.24 bits per heavy atom. The van der Waals surface area contributed by atoms with Crippen LogP contribution in [0, 0.1) is 6.92 Å². The topological polar surface area (TPSA) is 88.3 Å². The molecule has 2 aromatic heterocycles. The predicted octanol–water partition coefficient (Wildman–Crippen LogP) is 2.14. The molecule has 1 N–H and O–H groups in total. The minimum absolute atomic E-state index is 0.0391. The first kappa shape index (κ1) is 18.6. The van der Waals surface area contributed by atoms with Gasteiger partial charge in [-0.3, -0.25) is 9.59 Å². The van der Waals surface area contributed by atoms with Gasteiger partial charge in [0.2, 0.25) is 11.8 Å². The number of rotatable bonds is 7. The summed E-state index contributed by atoms with van der Waals surface area (Å²) in [5.74, 6) is 0.757. The Balaban J connectivity index is 1.94. The van der Waals surface area contributed by atoms with Crippen LogP contribution >= 0.6 is 0 Å². The van der Waals surface area contributed by atoms with Crippen molar-refractivity contribution in [2.24, 2.45) is 0 Å². The lowest BCUT2D eigenvalue weighted by molar-refractivity contribution is -0.132. The summed E-state index contributed by atoms with van der Waals surface area (Å²) < 4.78 is 5.28. The van der Waals surface area contributed by atoms with Crippen molar-refractivity contribution in [3.63, 3.8) is 0 Å². The maximum absolute atomic E-state index is 12.4. The molecule has 0 aliphatic rings. The molecule has 0 aliphatic heterocycles. The molecule has 2 rings (SSSR count). The zero-order valence-electron chi connectivity index (χ0n) is 15.1. The molecule has 0 aromatic carbocycles. The van der Waals surface area contributed by atoms with Gasteiger partial charge in [0.05, 0.1) is 18.7 Å². The van der Waals surface area contributed by atoms with E-state index in [-0.39, 0.29) is 24.8 Å². The number of amides is 2. The van der Waals surface area contributed by atoms with Crippen LogP contribution in [0.4, 0.5) is 5.82 Å². The fourth-order valence-corrected chi connectivity index (χ4v) is 2.45. The molecular formula is C18H24N4O3. The van der Waals surface area contributed by atoms with Crippen molar-refractivity contribution in [3.05, 3.63) is 40.9 Å². The highest BCUT2D eigenvalue weighted by atomic mass is 16.5. The van der Waals surface area contributed by atoms with Gasteiger partial charge < -0.3 is 14.7 Å². The van der Waals surface area contributed by atoms with Crippen molar-refractivity contribution in [2.45, 2.75) is 40.0 Å². The van der Waals surface area contributed by atoms with Crippen LogP contribution in [0.15, 0.2) is 22.9 Å². The molecule has 0 unspecified atom stereocenters. The molecule has 25 heavy (non-hydrogen) atoms. The second kappa shape index (κ2) is 8.41. The normalized spacial score (nSPS) is 10.6. The minimum atomic E-state index is -0.288. The van der Waals surface area contributed by atoms with E-state index < -0.39 is 0 Å². The smallest absolute Gasteiger partial charge is 0.245 e. The number of aromatic nitrogens is 2. The molecule has 0 saturated heterocycles. The van der Waals surface area contributed by atoms with Crippen molar-refractivity contribution >= 4 is 17.6 Å². The molecule has 0 bridgehead atoms. The Hall–Kier alpha value is -2.70. The molecule has 0 fully saturated rings. The number of hydrogen-bond acceptors (Lipinski definition) is 5. The van der Waals surface area contributed by atoms with Crippen LogP contribution in [0.25, 0.3) is 0 Å². The minimum Gasteiger partial charge on any atom is -0.361 e. The van der Waals surface area contributed by atoms with Crippen LogP contribution in [-0.2, 0) is 28.9 Å². The number of nitrogens with zero attached hydrogens (tertiary/aromatic N) is 3. The van der Waals surface area contributed by atoms with Crippen molar-refractivity contribution in [2.75, 3.05) is 18.9 Å². The summed E-state index contributed by atoms with van der Waals surface area (Å²) >= 11 is 0. The standard InChI is InChI=1S/C18H24N4O3/c1-5-14-13(15(6-2)25-21-14)9-18(24)22(4)11-17(23)20-16-8-7-12(3)10-19-16/h7-8,10H,5-6,9,11H2,1-4H3,(H,19,20,23). The van der Waals surface area contributed by atoms with Crippen LogP contribution in [0.3, 0.4) is 0 Å². The Labute approximate surface area is 147 Å². The first-order chi connectivity index (χ1) is 11.9. The molecule has 2 amide bonds. The molecule has 7 nitrogen and oxygen atoms in total. The zero-order chi connectivity index (χ0) is 18.4. The highest BCUT2D eigenvalue weighted by Crippen LogP contribution is 2.17. The van der Waals surface area contributed by atoms with Crippen LogP contribution < -0.4 is 5.32 Å². The summed E-state index contributed by atoms with van der Waals surface area (Å²) in [5, 5.41) is 6.69. The van der Waals surface area contributed by atoms with Gasteiger partial charge >= 0.3 is 0 Å². The number of aryl methyl sites for hydroxylation is 3. The predicted molar refractivity (Wildman–Crippen MR) is 94.2 cm³/mol. The first-order valence-electron chi connectivity index (χ1n) is 8.37. The number of hydrogen-bond donors (Lipinski definition) is 1. The lowest BCUT2D eigenvalue weighted by Crippen LogP contribution is -2.36. The molecule has 2 aromatic rings. The fraction of sp³-hybridized carbons (Fsp3) is 0.444. The van der Waals surface area contributed by atoms with E-state index in [1.165, 1.54) is 4.90 Å². The summed E-state index contributed by atoms with van der Waals surface area (Å²) in [6.45, 7) is 5.81. The van der Waals surface area contributed by atoms with Gasteiger partial charge in [-0.2, -0.15) is 0 Å². The number of pyridine rings is 1. The Morgan fingerprint density at radius 2 is 2.00 bits per heavy atom. The van der Waals surface area contributed by atoms with E-state index in [1.807, 2.05) is 26.8 Å². The van der Waals surface area contributed by atoms with E-state index in [4.69, 9.17) is 4.52 Å². The lowest BCUT2D eigenvalue weighted by Gasteiger charge is -2.17. The lowest BCUT2D eigenvalue weighted by atomic mass is 10.1. The molecule has 0 atom stereocenters. The van der Waals surface area contributed by atoms with Gasteiger partial charge in [0.25, 0.3) is 0 Å². The summed E-state index contributed by atoms with van der Waals surface area (Å²) in [6.07, 6.45) is 3.24. The number of carbonyl (C=O) groups is 2. The van der Waals surface area contributed by atoms with Gasteiger partial charge in [-0.15, -0.1) is 0 Å². The van der Waals surface area contributed by atoms with Gasteiger partial charge in [0.15, 0.2) is 0 Å². The van der Waals surface area contributed by atoms with Gasteiger partial charge in [0, 0.05) is 25.2 Å². The third kappa shape index (κ3) is 4.89. The SMILES string of the molecule is CCc1noc(CC)c1CC(=O)N(C)CC(=O)Nc1ccc(C)cn1. The summed E-state index contributed by atoms with van der Waals surface area (Å²) in [4.78, 5) is 30.0. The van der Waals surface area contributed by atoms with Crippen LogP contribution in [0.1, 0.15) is 36.4 Å². The van der Waals surface area contributed by atoms with E-state index in [9.17, 15) is 9.59 Å². The average molecular weight is 344 g/mol. The maximum Gasteiger partial charge on any atom is 0.245 e. The van der Waals surface area contributed by atoms with E-state index >= 15 is 0 Å². The number of likely N-dealkylation sites (N-methyl/N-ethyl adjacent to an activating group) is 1. The van der Waals surface area contributed by atoms with E-state index in [0.717, 1.165) is 22.6 Å². The van der Waals surface area contributed by atoms with E-state index in [0.29, 0.717) is 18.7 Å². The zero-order valence-corrected chi connectivity index (χ0v) is 15.1. The number of carbonyl (C=O) groups excluding carboxylic acids is 2. The van der Waals surface area contributed by atoms with Crippen molar-refractivity contribution in [1.29, 1.82) is 0 Å². The molecule has 0 spiro atoms. The van der Waals surface area contributed by atoms with Crippen molar-refractivity contribution < 1.29 is 14.1 Å². The first-order valence-corrected chi connectivity index (χ1v) is 8.37. The highest BCUT2D eigenvalue weighted by Gasteiger charge is 2.20. The van der Waals surface area contributed by atoms with E-state index in [2.05, 4.69) is 15.5 Å². The molecule has 134 valence electrons.